The summed E-state index contributed by atoms with van der Waals surface area (Å²) in [7, 11) is 0. The highest BCUT2D eigenvalue weighted by Gasteiger charge is 2.09. The number of halogens is 2. The average Bonchev–Trinajstić information content (AvgIpc) is 2.66. The Kier molecular flexibility index (Phi) is 8.49. The van der Waals surface area contributed by atoms with Gasteiger partial charge in [-0.15, -0.1) is 0 Å². The molecule has 3 N–H and O–H groups in total. The Morgan fingerprint density at radius 1 is 1.07 bits per heavy atom. The van der Waals surface area contributed by atoms with E-state index < -0.39 is 11.8 Å². The van der Waals surface area contributed by atoms with Crippen molar-refractivity contribution in [2.24, 2.45) is 0 Å². The van der Waals surface area contributed by atoms with Gasteiger partial charge in [-0.25, -0.2) is 0 Å². The van der Waals surface area contributed by atoms with Crippen molar-refractivity contribution in [3.8, 4) is 11.5 Å². The minimum Gasteiger partial charge on any atom is -0.484 e. The molecule has 0 aromatic heterocycles. The van der Waals surface area contributed by atoms with E-state index in [0.717, 1.165) is 10.0 Å². The molecule has 7 nitrogen and oxygen atoms in total. The van der Waals surface area contributed by atoms with Gasteiger partial charge in [0.25, 0.3) is 11.8 Å². The number of nitrogens with one attached hydrogen (secondary N) is 3. The number of aryl methyl sites for hydroxylation is 1. The SMILES string of the molecule is Cc1cc(OCC(=O)NNC(=S)NC(=O)COc2ccccc2Cl)ccc1Br. The van der Waals surface area contributed by atoms with Crippen LogP contribution in [-0.2, 0) is 9.59 Å². The monoisotopic (exact) mass is 485 g/mol. The molecule has 0 atom stereocenters. The van der Waals surface area contributed by atoms with Gasteiger partial charge in [-0.05, 0) is 55.0 Å². The smallest absolute Gasteiger partial charge is 0.276 e. The molecule has 28 heavy (non-hydrogen) atoms. The van der Waals surface area contributed by atoms with Gasteiger partial charge in [-0.1, -0.05) is 39.7 Å². The molecule has 0 bridgehead atoms. The summed E-state index contributed by atoms with van der Waals surface area (Å²) in [5.41, 5.74) is 5.72. The normalized spacial score (nSPS) is 9.96. The number of para-hydroxylation sites is 1. The van der Waals surface area contributed by atoms with Crippen LogP contribution in [0.2, 0.25) is 5.02 Å². The molecule has 0 heterocycles. The predicted molar refractivity (Wildman–Crippen MR) is 113 cm³/mol. The Labute approximate surface area is 180 Å². The standard InChI is InChI=1S/C18H17BrClN3O4S/c1-11-8-12(6-7-13(11)19)26-10-17(25)22-23-18(28)21-16(24)9-27-15-5-3-2-4-14(15)20/h2-8H,9-10H2,1H3,(H,22,25)(H2,21,23,24,28). The molecule has 0 aliphatic heterocycles. The zero-order valence-corrected chi connectivity index (χ0v) is 17.9. The minimum atomic E-state index is -0.506. The average molecular weight is 487 g/mol. The van der Waals surface area contributed by atoms with Gasteiger partial charge >= 0.3 is 0 Å². The highest BCUT2D eigenvalue weighted by molar-refractivity contribution is 9.10. The summed E-state index contributed by atoms with van der Waals surface area (Å²) in [6.07, 6.45) is 0. The first kappa shape index (κ1) is 21.9. The lowest BCUT2D eigenvalue weighted by Crippen LogP contribution is -2.50. The molecule has 0 spiro atoms. The fourth-order valence-electron chi connectivity index (χ4n) is 1.92. The molecular weight excluding hydrogens is 470 g/mol. The summed E-state index contributed by atoms with van der Waals surface area (Å²) in [5, 5.41) is 2.68. The molecule has 0 saturated carbocycles. The van der Waals surface area contributed by atoms with E-state index in [-0.39, 0.29) is 18.3 Å². The highest BCUT2D eigenvalue weighted by Crippen LogP contribution is 2.23. The maximum absolute atomic E-state index is 11.8. The van der Waals surface area contributed by atoms with Crippen molar-refractivity contribution < 1.29 is 19.1 Å². The summed E-state index contributed by atoms with van der Waals surface area (Å²) in [6, 6.07) is 12.1. The van der Waals surface area contributed by atoms with Gasteiger partial charge in [-0.3, -0.25) is 25.8 Å². The third kappa shape index (κ3) is 7.34. The third-order valence-electron chi connectivity index (χ3n) is 3.26. The molecule has 0 radical (unpaired) electrons. The van der Waals surface area contributed by atoms with Crippen LogP contribution in [-0.4, -0.2) is 30.1 Å². The Morgan fingerprint density at radius 3 is 2.50 bits per heavy atom. The van der Waals surface area contributed by atoms with Crippen LogP contribution in [0, 0.1) is 6.92 Å². The summed E-state index contributed by atoms with van der Waals surface area (Å²) < 4.78 is 11.6. The van der Waals surface area contributed by atoms with Crippen LogP contribution in [0.25, 0.3) is 0 Å². The van der Waals surface area contributed by atoms with Gasteiger partial charge in [0.15, 0.2) is 18.3 Å². The molecule has 2 rings (SSSR count). The van der Waals surface area contributed by atoms with E-state index in [2.05, 4.69) is 32.1 Å². The number of hydrazine groups is 1. The van der Waals surface area contributed by atoms with Crippen molar-refractivity contribution in [2.75, 3.05) is 13.2 Å². The van der Waals surface area contributed by atoms with E-state index in [1.165, 1.54) is 0 Å². The van der Waals surface area contributed by atoms with Gasteiger partial charge in [0.1, 0.15) is 11.5 Å². The Bertz CT molecular complexity index is 882. The zero-order valence-electron chi connectivity index (χ0n) is 14.8. The fourth-order valence-corrected chi connectivity index (χ4v) is 2.52. The van der Waals surface area contributed by atoms with Crippen molar-refractivity contribution in [3.05, 3.63) is 57.5 Å². The quantitative estimate of drug-likeness (QED) is 0.430. The molecule has 0 fully saturated rings. The van der Waals surface area contributed by atoms with Crippen molar-refractivity contribution >= 4 is 56.7 Å². The summed E-state index contributed by atoms with van der Waals surface area (Å²) in [5.74, 6) is -0.0342. The lowest BCUT2D eigenvalue weighted by molar-refractivity contribution is -0.124. The van der Waals surface area contributed by atoms with Crippen LogP contribution in [0.15, 0.2) is 46.9 Å². The van der Waals surface area contributed by atoms with Crippen molar-refractivity contribution in [2.45, 2.75) is 6.92 Å². The van der Waals surface area contributed by atoms with Crippen LogP contribution >= 0.6 is 39.7 Å². The van der Waals surface area contributed by atoms with E-state index in [0.29, 0.717) is 16.5 Å². The van der Waals surface area contributed by atoms with Crippen LogP contribution < -0.4 is 25.6 Å². The molecule has 2 aromatic rings. The van der Waals surface area contributed by atoms with Gasteiger partial charge in [0, 0.05) is 4.47 Å². The number of hydrogen-bond donors (Lipinski definition) is 3. The highest BCUT2D eigenvalue weighted by atomic mass is 79.9. The molecule has 2 amide bonds. The minimum absolute atomic E-state index is 0.0828. The number of thiocarbonyl (C=S) groups is 1. The zero-order chi connectivity index (χ0) is 20.5. The lowest BCUT2D eigenvalue weighted by Gasteiger charge is -2.12. The molecule has 0 aliphatic carbocycles. The second-order valence-electron chi connectivity index (χ2n) is 5.47. The van der Waals surface area contributed by atoms with Gasteiger partial charge < -0.3 is 9.47 Å². The molecule has 148 valence electrons. The Morgan fingerprint density at radius 2 is 1.79 bits per heavy atom. The number of ether oxygens (including phenoxy) is 2. The number of rotatable bonds is 6. The first-order valence-electron chi connectivity index (χ1n) is 8.00. The first-order valence-corrected chi connectivity index (χ1v) is 9.58. The molecule has 10 heteroatoms. The van der Waals surface area contributed by atoms with E-state index in [9.17, 15) is 9.59 Å². The van der Waals surface area contributed by atoms with Crippen LogP contribution in [0.3, 0.4) is 0 Å². The summed E-state index contributed by atoms with van der Waals surface area (Å²) in [4.78, 5) is 23.6. The van der Waals surface area contributed by atoms with Crippen molar-refractivity contribution in [1.29, 1.82) is 0 Å². The number of hydrogen-bond acceptors (Lipinski definition) is 5. The Hall–Kier alpha value is -2.36. The molecule has 0 unspecified atom stereocenters. The van der Waals surface area contributed by atoms with E-state index in [1.807, 2.05) is 13.0 Å². The van der Waals surface area contributed by atoms with Gasteiger partial charge in [0.05, 0.1) is 5.02 Å². The van der Waals surface area contributed by atoms with E-state index in [4.69, 9.17) is 33.3 Å². The lowest BCUT2D eigenvalue weighted by atomic mass is 10.2. The van der Waals surface area contributed by atoms with Crippen LogP contribution in [0.5, 0.6) is 11.5 Å². The summed E-state index contributed by atoms with van der Waals surface area (Å²) >= 11 is 14.2. The van der Waals surface area contributed by atoms with Crippen molar-refractivity contribution in [3.63, 3.8) is 0 Å². The fraction of sp³-hybridized carbons (Fsp3) is 0.167. The Balaban J connectivity index is 1.66. The number of carbonyl (C=O) groups excluding carboxylic acids is 2. The number of carbonyl (C=O) groups is 2. The van der Waals surface area contributed by atoms with E-state index in [1.54, 1.807) is 36.4 Å². The second-order valence-corrected chi connectivity index (χ2v) is 7.14. The van der Waals surface area contributed by atoms with Gasteiger partial charge in [-0.2, -0.15) is 0 Å². The largest absolute Gasteiger partial charge is 0.484 e. The number of benzene rings is 2. The first-order chi connectivity index (χ1) is 13.3. The van der Waals surface area contributed by atoms with Gasteiger partial charge in [0.2, 0.25) is 0 Å². The molecule has 0 saturated heterocycles. The second kappa shape index (κ2) is 10.8. The van der Waals surface area contributed by atoms with Crippen LogP contribution in [0.1, 0.15) is 5.56 Å². The summed E-state index contributed by atoms with van der Waals surface area (Å²) in [6.45, 7) is 1.40. The molecule has 2 aromatic carbocycles. The molecule has 0 aliphatic rings. The van der Waals surface area contributed by atoms with E-state index >= 15 is 0 Å². The van der Waals surface area contributed by atoms with Crippen LogP contribution in [0.4, 0.5) is 0 Å². The maximum atomic E-state index is 11.8. The third-order valence-corrected chi connectivity index (χ3v) is 4.67. The topological polar surface area (TPSA) is 88.7 Å². The molecular formula is C18H17BrClN3O4S. The number of amides is 2. The van der Waals surface area contributed by atoms with Crippen molar-refractivity contribution in [1.82, 2.24) is 16.2 Å². The maximum Gasteiger partial charge on any atom is 0.276 e. The predicted octanol–water partition coefficient (Wildman–Crippen LogP) is 2.89.